The van der Waals surface area contributed by atoms with Gasteiger partial charge in [-0.2, -0.15) is 18.3 Å². The van der Waals surface area contributed by atoms with Crippen LogP contribution in [0.2, 0.25) is 0 Å². The molecule has 0 fully saturated rings. The molecule has 2 aromatic heterocycles. The molecule has 2 aromatic rings. The maximum absolute atomic E-state index is 12.3. The number of nitrogens with zero attached hydrogens (tertiary/aromatic N) is 3. The lowest BCUT2D eigenvalue weighted by Crippen LogP contribution is -2.07. The Hall–Kier alpha value is -1.59. The van der Waals surface area contributed by atoms with Gasteiger partial charge in [-0.25, -0.2) is 0 Å². The first kappa shape index (κ1) is 9.95. The maximum atomic E-state index is 12.3. The molecule has 0 unspecified atom stereocenters. The number of aromatic nitrogens is 3. The number of hydrogen-bond acceptors (Lipinski definition) is 2. The highest BCUT2D eigenvalue weighted by Crippen LogP contribution is 2.28. The molecule has 0 aliphatic heterocycles. The van der Waals surface area contributed by atoms with Crippen LogP contribution in [0.1, 0.15) is 12.6 Å². The van der Waals surface area contributed by atoms with Crippen molar-refractivity contribution in [1.82, 2.24) is 14.8 Å². The van der Waals surface area contributed by atoms with Gasteiger partial charge in [-0.05, 0) is 13.0 Å². The van der Waals surface area contributed by atoms with E-state index in [0.717, 1.165) is 6.07 Å². The smallest absolute Gasteiger partial charge is 0.272 e. The SMILES string of the molecule is CCn1cc2cnc(C(F)(F)F)cc2n1. The lowest BCUT2D eigenvalue weighted by Gasteiger charge is -2.03. The Morgan fingerprint density at radius 1 is 1.40 bits per heavy atom. The van der Waals surface area contributed by atoms with Crippen LogP contribution in [0, 0.1) is 0 Å². The normalized spacial score (nSPS) is 12.3. The van der Waals surface area contributed by atoms with Crippen LogP contribution >= 0.6 is 0 Å². The molecule has 0 atom stereocenters. The van der Waals surface area contributed by atoms with E-state index in [1.807, 2.05) is 6.92 Å². The topological polar surface area (TPSA) is 30.7 Å². The van der Waals surface area contributed by atoms with Gasteiger partial charge in [0.1, 0.15) is 5.69 Å². The third-order valence-electron chi connectivity index (χ3n) is 2.05. The zero-order valence-corrected chi connectivity index (χ0v) is 7.91. The highest BCUT2D eigenvalue weighted by Gasteiger charge is 2.32. The Morgan fingerprint density at radius 3 is 2.73 bits per heavy atom. The van der Waals surface area contributed by atoms with Gasteiger partial charge in [-0.1, -0.05) is 0 Å². The van der Waals surface area contributed by atoms with E-state index in [1.54, 1.807) is 10.9 Å². The molecule has 2 rings (SSSR count). The molecule has 80 valence electrons. The van der Waals surface area contributed by atoms with Gasteiger partial charge >= 0.3 is 6.18 Å². The summed E-state index contributed by atoms with van der Waals surface area (Å²) in [6.45, 7) is 2.49. The average molecular weight is 215 g/mol. The second-order valence-electron chi connectivity index (χ2n) is 3.11. The minimum atomic E-state index is -4.41. The molecule has 0 aliphatic rings. The van der Waals surface area contributed by atoms with Crippen LogP contribution in [0.3, 0.4) is 0 Å². The van der Waals surface area contributed by atoms with Crippen molar-refractivity contribution in [2.75, 3.05) is 0 Å². The van der Waals surface area contributed by atoms with Crippen molar-refractivity contribution in [3.05, 3.63) is 24.2 Å². The third kappa shape index (κ3) is 1.79. The van der Waals surface area contributed by atoms with Gasteiger partial charge < -0.3 is 0 Å². The molecule has 3 nitrogen and oxygen atoms in total. The maximum Gasteiger partial charge on any atom is 0.433 e. The van der Waals surface area contributed by atoms with Crippen LogP contribution in [0.15, 0.2) is 18.5 Å². The van der Waals surface area contributed by atoms with Gasteiger partial charge in [-0.15, -0.1) is 0 Å². The summed E-state index contributed by atoms with van der Waals surface area (Å²) < 4.78 is 38.5. The Labute approximate surface area is 83.5 Å². The molecule has 0 saturated carbocycles. The van der Waals surface area contributed by atoms with E-state index in [2.05, 4.69) is 10.1 Å². The second-order valence-corrected chi connectivity index (χ2v) is 3.11. The zero-order valence-electron chi connectivity index (χ0n) is 7.91. The van der Waals surface area contributed by atoms with Crippen molar-refractivity contribution < 1.29 is 13.2 Å². The first-order chi connectivity index (χ1) is 7.00. The van der Waals surface area contributed by atoms with Crippen molar-refractivity contribution in [2.24, 2.45) is 0 Å². The van der Waals surface area contributed by atoms with E-state index >= 15 is 0 Å². The predicted octanol–water partition coefficient (Wildman–Crippen LogP) is 2.47. The Balaban J connectivity index is 2.55. The minimum absolute atomic E-state index is 0.319. The highest BCUT2D eigenvalue weighted by molar-refractivity contribution is 5.77. The monoisotopic (exact) mass is 215 g/mol. The number of alkyl halides is 3. The molecule has 2 heterocycles. The number of aryl methyl sites for hydroxylation is 1. The molecule has 0 radical (unpaired) electrons. The number of hydrogen-bond donors (Lipinski definition) is 0. The summed E-state index contributed by atoms with van der Waals surface area (Å²) in [6, 6.07) is 0.960. The van der Waals surface area contributed by atoms with E-state index in [0.29, 0.717) is 17.4 Å². The summed E-state index contributed by atoms with van der Waals surface area (Å²) >= 11 is 0. The lowest BCUT2D eigenvalue weighted by atomic mass is 10.3. The number of rotatable bonds is 1. The first-order valence-corrected chi connectivity index (χ1v) is 4.41. The van der Waals surface area contributed by atoms with E-state index < -0.39 is 11.9 Å². The quantitative estimate of drug-likeness (QED) is 0.731. The molecule has 0 bridgehead atoms. The third-order valence-corrected chi connectivity index (χ3v) is 2.05. The molecular formula is C9H8F3N3. The molecule has 0 N–H and O–H groups in total. The van der Waals surface area contributed by atoms with Gasteiger partial charge in [0.2, 0.25) is 0 Å². The summed E-state index contributed by atoms with van der Waals surface area (Å²) in [6.07, 6.45) is -1.55. The van der Waals surface area contributed by atoms with Crippen molar-refractivity contribution in [3.8, 4) is 0 Å². The van der Waals surface area contributed by atoms with E-state index in [9.17, 15) is 13.2 Å². The minimum Gasteiger partial charge on any atom is -0.272 e. The van der Waals surface area contributed by atoms with Crippen molar-refractivity contribution in [3.63, 3.8) is 0 Å². The standard InChI is InChI=1S/C9H8F3N3/c1-2-15-5-6-4-13-8(9(10,11)12)3-7(6)14-15/h3-5H,2H2,1H3. The number of fused-ring (bicyclic) bond motifs is 1. The molecule has 6 heteroatoms. The molecular weight excluding hydrogens is 207 g/mol. The fourth-order valence-electron chi connectivity index (χ4n) is 1.29. The molecule has 0 aliphatic carbocycles. The van der Waals surface area contributed by atoms with Gasteiger partial charge in [0.05, 0.1) is 5.52 Å². The van der Waals surface area contributed by atoms with Crippen LogP contribution in [-0.2, 0) is 12.7 Å². The van der Waals surface area contributed by atoms with E-state index in [-0.39, 0.29) is 0 Å². The fourth-order valence-corrected chi connectivity index (χ4v) is 1.29. The van der Waals surface area contributed by atoms with Crippen LogP contribution in [0.5, 0.6) is 0 Å². The number of pyridine rings is 1. The first-order valence-electron chi connectivity index (χ1n) is 4.41. The summed E-state index contributed by atoms with van der Waals surface area (Å²) in [7, 11) is 0. The summed E-state index contributed by atoms with van der Waals surface area (Å²) in [5, 5.41) is 4.60. The van der Waals surface area contributed by atoms with Crippen molar-refractivity contribution in [2.45, 2.75) is 19.6 Å². The summed E-state index contributed by atoms with van der Waals surface area (Å²) in [4.78, 5) is 3.35. The summed E-state index contributed by atoms with van der Waals surface area (Å²) in [5.74, 6) is 0. The molecule has 0 spiro atoms. The zero-order chi connectivity index (χ0) is 11.1. The predicted molar refractivity (Wildman–Crippen MR) is 48.2 cm³/mol. The molecule has 0 amide bonds. The number of halogens is 3. The highest BCUT2D eigenvalue weighted by atomic mass is 19.4. The van der Waals surface area contributed by atoms with Gasteiger partial charge in [0.25, 0.3) is 0 Å². The Bertz CT molecular complexity index is 487. The Morgan fingerprint density at radius 2 is 2.13 bits per heavy atom. The van der Waals surface area contributed by atoms with Crippen LogP contribution in [-0.4, -0.2) is 14.8 Å². The molecule has 0 saturated heterocycles. The second kappa shape index (κ2) is 3.22. The van der Waals surface area contributed by atoms with Gasteiger partial charge in [-0.3, -0.25) is 9.67 Å². The van der Waals surface area contributed by atoms with Gasteiger partial charge in [0, 0.05) is 24.3 Å². The van der Waals surface area contributed by atoms with Gasteiger partial charge in [0.15, 0.2) is 0 Å². The molecule has 0 aromatic carbocycles. The fraction of sp³-hybridized carbons (Fsp3) is 0.333. The van der Waals surface area contributed by atoms with Crippen molar-refractivity contribution in [1.29, 1.82) is 0 Å². The van der Waals surface area contributed by atoms with Crippen LogP contribution in [0.4, 0.5) is 13.2 Å². The summed E-state index contributed by atoms with van der Waals surface area (Å²) in [5.41, 5.74) is -0.587. The van der Waals surface area contributed by atoms with E-state index in [1.165, 1.54) is 6.20 Å². The van der Waals surface area contributed by atoms with E-state index in [4.69, 9.17) is 0 Å². The average Bonchev–Trinajstić information content (AvgIpc) is 2.57. The van der Waals surface area contributed by atoms with Crippen LogP contribution in [0.25, 0.3) is 10.9 Å². The lowest BCUT2D eigenvalue weighted by molar-refractivity contribution is -0.141. The largest absolute Gasteiger partial charge is 0.433 e. The van der Waals surface area contributed by atoms with Crippen LogP contribution < -0.4 is 0 Å². The van der Waals surface area contributed by atoms with Crippen molar-refractivity contribution >= 4 is 10.9 Å². The Kier molecular flexibility index (Phi) is 2.13. The molecule has 15 heavy (non-hydrogen) atoms.